The lowest BCUT2D eigenvalue weighted by Gasteiger charge is -2.24. The summed E-state index contributed by atoms with van der Waals surface area (Å²) < 4.78 is 5.49. The Morgan fingerprint density at radius 1 is 1.53 bits per heavy atom. The highest BCUT2D eigenvalue weighted by atomic mass is 35.5. The number of anilines is 1. The van der Waals surface area contributed by atoms with Crippen LogP contribution < -0.4 is 16.6 Å². The van der Waals surface area contributed by atoms with Crippen molar-refractivity contribution in [1.29, 1.82) is 0 Å². The SMILES string of the molecule is CCOC(C)(C)CNC(=O)c1nc(NN)ccc1Cl. The highest BCUT2D eigenvalue weighted by molar-refractivity contribution is 6.33. The largest absolute Gasteiger partial charge is 0.374 e. The third-order valence-electron chi connectivity index (χ3n) is 2.42. The van der Waals surface area contributed by atoms with Crippen LogP contribution in [0, 0.1) is 0 Å². The first-order valence-corrected chi connectivity index (χ1v) is 6.32. The second-order valence-electron chi connectivity index (χ2n) is 4.55. The van der Waals surface area contributed by atoms with Crippen LogP contribution in [0.5, 0.6) is 0 Å². The molecule has 0 bridgehead atoms. The minimum absolute atomic E-state index is 0.129. The van der Waals surface area contributed by atoms with E-state index in [0.717, 1.165) is 0 Å². The van der Waals surface area contributed by atoms with Gasteiger partial charge in [0.25, 0.3) is 5.91 Å². The minimum Gasteiger partial charge on any atom is -0.374 e. The number of nitrogens with one attached hydrogen (secondary N) is 2. The Balaban J connectivity index is 2.73. The van der Waals surface area contributed by atoms with Gasteiger partial charge in [-0.1, -0.05) is 11.6 Å². The van der Waals surface area contributed by atoms with Gasteiger partial charge in [-0.25, -0.2) is 10.8 Å². The maximum atomic E-state index is 12.0. The number of nitrogens with zero attached hydrogens (tertiary/aromatic N) is 1. The number of hydrogen-bond acceptors (Lipinski definition) is 5. The molecule has 0 atom stereocenters. The Labute approximate surface area is 117 Å². The van der Waals surface area contributed by atoms with E-state index in [1.807, 2.05) is 20.8 Å². The van der Waals surface area contributed by atoms with Crippen LogP contribution in [0.15, 0.2) is 12.1 Å². The highest BCUT2D eigenvalue weighted by Crippen LogP contribution is 2.16. The lowest BCUT2D eigenvalue weighted by atomic mass is 10.1. The molecule has 106 valence electrons. The smallest absolute Gasteiger partial charge is 0.271 e. The molecule has 0 aromatic carbocycles. The molecule has 0 saturated carbocycles. The van der Waals surface area contributed by atoms with Crippen molar-refractivity contribution in [2.24, 2.45) is 5.84 Å². The fourth-order valence-corrected chi connectivity index (χ4v) is 1.69. The monoisotopic (exact) mass is 286 g/mol. The molecule has 1 heterocycles. The van der Waals surface area contributed by atoms with Gasteiger partial charge in [0.1, 0.15) is 11.5 Å². The van der Waals surface area contributed by atoms with Crippen molar-refractivity contribution in [3.63, 3.8) is 0 Å². The molecule has 1 rings (SSSR count). The number of amides is 1. The highest BCUT2D eigenvalue weighted by Gasteiger charge is 2.20. The van der Waals surface area contributed by atoms with Gasteiger partial charge in [0.05, 0.1) is 10.6 Å². The van der Waals surface area contributed by atoms with Gasteiger partial charge in [0.15, 0.2) is 0 Å². The Bertz CT molecular complexity index is 451. The number of hydrazine groups is 1. The van der Waals surface area contributed by atoms with E-state index < -0.39 is 5.60 Å². The van der Waals surface area contributed by atoms with Crippen molar-refractivity contribution in [3.05, 3.63) is 22.8 Å². The molecule has 6 nitrogen and oxygen atoms in total. The number of nitrogen functional groups attached to an aromatic ring is 1. The van der Waals surface area contributed by atoms with Crippen LogP contribution in [0.3, 0.4) is 0 Å². The summed E-state index contributed by atoms with van der Waals surface area (Å²) in [7, 11) is 0. The summed E-state index contributed by atoms with van der Waals surface area (Å²) >= 11 is 5.94. The van der Waals surface area contributed by atoms with Crippen LogP contribution in [0.4, 0.5) is 5.82 Å². The maximum Gasteiger partial charge on any atom is 0.271 e. The number of carbonyl (C=O) groups is 1. The van der Waals surface area contributed by atoms with Crippen LogP contribution in [-0.4, -0.2) is 29.6 Å². The zero-order chi connectivity index (χ0) is 14.5. The van der Waals surface area contributed by atoms with E-state index >= 15 is 0 Å². The van der Waals surface area contributed by atoms with E-state index in [2.05, 4.69) is 15.7 Å². The molecule has 0 radical (unpaired) electrons. The van der Waals surface area contributed by atoms with E-state index in [9.17, 15) is 4.79 Å². The first kappa shape index (κ1) is 15.7. The summed E-state index contributed by atoms with van der Waals surface area (Å²) in [6.45, 7) is 6.62. The first-order chi connectivity index (χ1) is 8.89. The summed E-state index contributed by atoms with van der Waals surface area (Å²) in [5.74, 6) is 5.25. The molecular formula is C12H19ClN4O2. The Morgan fingerprint density at radius 3 is 2.79 bits per heavy atom. The van der Waals surface area contributed by atoms with Crippen molar-refractivity contribution in [1.82, 2.24) is 10.3 Å². The third-order valence-corrected chi connectivity index (χ3v) is 2.72. The zero-order valence-electron chi connectivity index (χ0n) is 11.3. The summed E-state index contributed by atoms with van der Waals surface area (Å²) in [4.78, 5) is 16.0. The average Bonchev–Trinajstić information content (AvgIpc) is 2.36. The van der Waals surface area contributed by atoms with Crippen LogP contribution in [0.25, 0.3) is 0 Å². The quantitative estimate of drug-likeness (QED) is 0.545. The first-order valence-electron chi connectivity index (χ1n) is 5.95. The van der Waals surface area contributed by atoms with E-state index in [1.54, 1.807) is 12.1 Å². The standard InChI is InChI=1S/C12H19ClN4O2/c1-4-19-12(2,3)7-15-11(18)10-8(13)5-6-9(16-10)17-14/h5-6H,4,7,14H2,1-3H3,(H,15,18)(H,16,17). The van der Waals surface area contributed by atoms with Gasteiger partial charge >= 0.3 is 0 Å². The van der Waals surface area contributed by atoms with Crippen LogP contribution in [-0.2, 0) is 4.74 Å². The predicted molar refractivity (Wildman–Crippen MR) is 75.1 cm³/mol. The van der Waals surface area contributed by atoms with Gasteiger partial charge in [-0.05, 0) is 32.9 Å². The van der Waals surface area contributed by atoms with Gasteiger partial charge in [-0.3, -0.25) is 4.79 Å². The third kappa shape index (κ3) is 4.66. The fourth-order valence-electron chi connectivity index (χ4n) is 1.50. The number of pyridine rings is 1. The molecule has 0 unspecified atom stereocenters. The Morgan fingerprint density at radius 2 is 2.21 bits per heavy atom. The molecule has 19 heavy (non-hydrogen) atoms. The normalized spacial score (nSPS) is 11.2. The van der Waals surface area contributed by atoms with Crippen molar-refractivity contribution in [2.45, 2.75) is 26.4 Å². The number of rotatable bonds is 6. The second kappa shape index (κ2) is 6.70. The second-order valence-corrected chi connectivity index (χ2v) is 4.95. The van der Waals surface area contributed by atoms with Crippen molar-refractivity contribution in [2.75, 3.05) is 18.6 Å². The van der Waals surface area contributed by atoms with Gasteiger partial charge < -0.3 is 15.5 Å². The number of halogens is 1. The summed E-state index contributed by atoms with van der Waals surface area (Å²) in [6, 6.07) is 3.15. The van der Waals surface area contributed by atoms with E-state index in [4.69, 9.17) is 22.2 Å². The lowest BCUT2D eigenvalue weighted by Crippen LogP contribution is -2.40. The zero-order valence-corrected chi connectivity index (χ0v) is 12.0. The molecule has 1 amide bonds. The lowest BCUT2D eigenvalue weighted by molar-refractivity contribution is -0.00818. The fraction of sp³-hybridized carbons (Fsp3) is 0.500. The number of carbonyl (C=O) groups excluding carboxylic acids is 1. The molecule has 0 saturated heterocycles. The Hall–Kier alpha value is -1.37. The van der Waals surface area contributed by atoms with E-state index in [0.29, 0.717) is 19.0 Å². The number of aromatic nitrogens is 1. The minimum atomic E-state index is -0.444. The van der Waals surface area contributed by atoms with Crippen LogP contribution >= 0.6 is 11.6 Å². The van der Waals surface area contributed by atoms with E-state index in [1.165, 1.54) is 0 Å². The molecule has 0 aliphatic rings. The van der Waals surface area contributed by atoms with Gasteiger partial charge in [-0.2, -0.15) is 0 Å². The Kier molecular flexibility index (Phi) is 5.53. The van der Waals surface area contributed by atoms with Gasteiger partial charge in [0.2, 0.25) is 0 Å². The average molecular weight is 287 g/mol. The molecule has 1 aromatic rings. The van der Waals surface area contributed by atoms with Crippen LogP contribution in [0.1, 0.15) is 31.3 Å². The topological polar surface area (TPSA) is 89.3 Å². The number of hydrogen-bond donors (Lipinski definition) is 3. The van der Waals surface area contributed by atoms with Crippen LogP contribution in [0.2, 0.25) is 5.02 Å². The van der Waals surface area contributed by atoms with Gasteiger partial charge in [0, 0.05) is 13.2 Å². The maximum absolute atomic E-state index is 12.0. The molecule has 1 aromatic heterocycles. The predicted octanol–water partition coefficient (Wildman–Crippen LogP) is 1.57. The van der Waals surface area contributed by atoms with Crippen molar-refractivity contribution >= 4 is 23.3 Å². The molecule has 0 aliphatic carbocycles. The molecule has 7 heteroatoms. The molecule has 0 aliphatic heterocycles. The number of nitrogens with two attached hydrogens (primary N) is 1. The van der Waals surface area contributed by atoms with Crippen molar-refractivity contribution < 1.29 is 9.53 Å². The van der Waals surface area contributed by atoms with E-state index in [-0.39, 0.29) is 16.6 Å². The summed E-state index contributed by atoms with van der Waals surface area (Å²) in [5, 5.41) is 3.01. The molecule has 4 N–H and O–H groups in total. The number of ether oxygens (including phenoxy) is 1. The summed E-state index contributed by atoms with van der Waals surface area (Å²) in [5.41, 5.74) is 2.05. The molecule has 0 fully saturated rings. The van der Waals surface area contributed by atoms with Gasteiger partial charge in [-0.15, -0.1) is 0 Å². The molecule has 0 spiro atoms. The molecular weight excluding hydrogens is 268 g/mol. The summed E-state index contributed by atoms with van der Waals surface area (Å²) in [6.07, 6.45) is 0. The van der Waals surface area contributed by atoms with Crippen molar-refractivity contribution in [3.8, 4) is 0 Å².